The van der Waals surface area contributed by atoms with Crippen LogP contribution in [0.1, 0.15) is 51.4 Å². The van der Waals surface area contributed by atoms with Crippen LogP contribution in [0.15, 0.2) is 0 Å². The summed E-state index contributed by atoms with van der Waals surface area (Å²) in [5.74, 6) is 2.02. The maximum atomic E-state index is 9.14. The monoisotopic (exact) mass is 223 g/mol. The molecule has 0 amide bonds. The maximum absolute atomic E-state index is 9.14. The lowest BCUT2D eigenvalue weighted by atomic mass is 9.66. The fourth-order valence-electron chi connectivity index (χ4n) is 4.27. The maximum Gasteiger partial charge on any atom is 0.0436 e. The van der Waals surface area contributed by atoms with E-state index in [1.807, 2.05) is 0 Å². The molecule has 92 valence electrons. The zero-order valence-corrected chi connectivity index (χ0v) is 10.3. The quantitative estimate of drug-likeness (QED) is 0.749. The lowest BCUT2D eigenvalue weighted by Gasteiger charge is -2.43. The van der Waals surface area contributed by atoms with Crippen LogP contribution in [0.5, 0.6) is 0 Å². The number of aliphatic hydroxyl groups excluding tert-OH is 1. The van der Waals surface area contributed by atoms with Gasteiger partial charge >= 0.3 is 0 Å². The summed E-state index contributed by atoms with van der Waals surface area (Å²) in [6.45, 7) is 1.54. The second kappa shape index (κ2) is 4.30. The second-order valence-corrected chi connectivity index (χ2v) is 6.49. The van der Waals surface area contributed by atoms with Gasteiger partial charge in [0.1, 0.15) is 0 Å². The molecule has 0 radical (unpaired) electrons. The molecule has 3 rings (SSSR count). The van der Waals surface area contributed by atoms with Gasteiger partial charge in [-0.2, -0.15) is 0 Å². The van der Waals surface area contributed by atoms with E-state index >= 15 is 0 Å². The molecule has 0 spiro atoms. The van der Waals surface area contributed by atoms with E-state index in [0.29, 0.717) is 12.0 Å². The highest BCUT2D eigenvalue weighted by Gasteiger charge is 2.42. The molecule has 2 N–H and O–H groups in total. The fourth-order valence-corrected chi connectivity index (χ4v) is 4.27. The van der Waals surface area contributed by atoms with Gasteiger partial charge in [-0.3, -0.25) is 0 Å². The van der Waals surface area contributed by atoms with Crippen molar-refractivity contribution in [1.82, 2.24) is 5.32 Å². The first-order valence-corrected chi connectivity index (χ1v) is 7.16. The molecular weight excluding hydrogens is 198 g/mol. The number of fused-ring (bicyclic) bond motifs is 2. The molecule has 2 heteroatoms. The summed E-state index contributed by atoms with van der Waals surface area (Å²) in [6, 6.07) is 0.815. The highest BCUT2D eigenvalue weighted by molar-refractivity contribution is 4.97. The Bertz CT molecular complexity index is 249. The molecule has 3 fully saturated rings. The summed E-state index contributed by atoms with van der Waals surface area (Å²) in [5.41, 5.74) is 0.469. The van der Waals surface area contributed by atoms with E-state index in [4.69, 9.17) is 5.11 Å². The third kappa shape index (κ3) is 1.91. The summed E-state index contributed by atoms with van der Waals surface area (Å²) in [5, 5.41) is 13.0. The third-order valence-corrected chi connectivity index (χ3v) is 5.53. The molecule has 2 bridgehead atoms. The van der Waals surface area contributed by atoms with E-state index in [9.17, 15) is 0 Å². The number of hydrogen-bond donors (Lipinski definition) is 2. The molecule has 0 aromatic carbocycles. The van der Waals surface area contributed by atoms with Gasteiger partial charge in [0, 0.05) is 19.2 Å². The molecule has 16 heavy (non-hydrogen) atoms. The predicted molar refractivity (Wildman–Crippen MR) is 65.2 cm³/mol. The van der Waals surface area contributed by atoms with E-state index in [0.717, 1.165) is 24.3 Å². The van der Waals surface area contributed by atoms with Crippen LogP contribution < -0.4 is 5.32 Å². The van der Waals surface area contributed by atoms with Crippen molar-refractivity contribution < 1.29 is 5.11 Å². The van der Waals surface area contributed by atoms with E-state index in [2.05, 4.69) is 5.32 Å². The zero-order chi connectivity index (χ0) is 11.0. The Morgan fingerprint density at radius 1 is 1.19 bits per heavy atom. The van der Waals surface area contributed by atoms with E-state index in [1.165, 1.54) is 51.5 Å². The van der Waals surface area contributed by atoms with Crippen molar-refractivity contribution in [2.24, 2.45) is 17.3 Å². The highest BCUT2D eigenvalue weighted by Crippen LogP contribution is 2.46. The number of rotatable bonds is 5. The Balaban J connectivity index is 1.48. The molecule has 3 aliphatic carbocycles. The molecule has 3 saturated carbocycles. The molecule has 3 atom stereocenters. The van der Waals surface area contributed by atoms with Gasteiger partial charge < -0.3 is 10.4 Å². The lowest BCUT2D eigenvalue weighted by Crippen LogP contribution is -2.45. The minimum atomic E-state index is 0.373. The standard InChI is InChI=1S/C14H25NO/c16-7-6-14(4-1-5-14)10-15-13-9-11-2-3-12(13)8-11/h11-13,15-16H,1-10H2. The number of hydrogen-bond acceptors (Lipinski definition) is 2. The average molecular weight is 223 g/mol. The van der Waals surface area contributed by atoms with Crippen LogP contribution >= 0.6 is 0 Å². The summed E-state index contributed by atoms with van der Waals surface area (Å²) in [4.78, 5) is 0. The van der Waals surface area contributed by atoms with Crippen molar-refractivity contribution in [3.63, 3.8) is 0 Å². The summed E-state index contributed by atoms with van der Waals surface area (Å²) in [7, 11) is 0. The Labute approximate surface area is 98.8 Å². The van der Waals surface area contributed by atoms with E-state index in [-0.39, 0.29) is 0 Å². The number of nitrogens with one attached hydrogen (secondary N) is 1. The average Bonchev–Trinajstić information content (AvgIpc) is 2.83. The van der Waals surface area contributed by atoms with Crippen molar-refractivity contribution in [3.05, 3.63) is 0 Å². The summed E-state index contributed by atoms with van der Waals surface area (Å²) < 4.78 is 0. The van der Waals surface area contributed by atoms with Crippen molar-refractivity contribution in [2.45, 2.75) is 57.4 Å². The van der Waals surface area contributed by atoms with Crippen LogP contribution in [-0.2, 0) is 0 Å². The topological polar surface area (TPSA) is 32.3 Å². The van der Waals surface area contributed by atoms with Gasteiger partial charge in [-0.05, 0) is 55.8 Å². The van der Waals surface area contributed by atoms with Gasteiger partial charge in [0.05, 0.1) is 0 Å². The Morgan fingerprint density at radius 2 is 2.06 bits per heavy atom. The molecule has 3 unspecified atom stereocenters. The molecule has 2 nitrogen and oxygen atoms in total. The van der Waals surface area contributed by atoms with E-state index < -0.39 is 0 Å². The lowest BCUT2D eigenvalue weighted by molar-refractivity contribution is 0.0796. The molecule has 0 saturated heterocycles. The summed E-state index contributed by atoms with van der Waals surface area (Å²) in [6.07, 6.45) is 10.9. The van der Waals surface area contributed by atoms with Crippen molar-refractivity contribution in [1.29, 1.82) is 0 Å². The van der Waals surface area contributed by atoms with Gasteiger partial charge in [0.15, 0.2) is 0 Å². The molecular formula is C14H25NO. The normalized spacial score (nSPS) is 39.9. The fraction of sp³-hybridized carbons (Fsp3) is 1.00. The minimum Gasteiger partial charge on any atom is -0.396 e. The Morgan fingerprint density at radius 3 is 2.56 bits per heavy atom. The van der Waals surface area contributed by atoms with Gasteiger partial charge in [-0.25, -0.2) is 0 Å². The Kier molecular flexibility index (Phi) is 2.97. The van der Waals surface area contributed by atoms with Crippen molar-refractivity contribution in [2.75, 3.05) is 13.2 Å². The van der Waals surface area contributed by atoms with E-state index in [1.54, 1.807) is 0 Å². The molecule has 0 heterocycles. The second-order valence-electron chi connectivity index (χ2n) is 6.49. The van der Waals surface area contributed by atoms with Crippen molar-refractivity contribution >= 4 is 0 Å². The highest BCUT2D eigenvalue weighted by atomic mass is 16.3. The Hall–Kier alpha value is -0.0800. The van der Waals surface area contributed by atoms with Crippen LogP contribution in [0.25, 0.3) is 0 Å². The van der Waals surface area contributed by atoms with Crippen molar-refractivity contribution in [3.8, 4) is 0 Å². The molecule has 0 aromatic rings. The van der Waals surface area contributed by atoms with Gasteiger partial charge in [0.25, 0.3) is 0 Å². The third-order valence-electron chi connectivity index (χ3n) is 5.53. The zero-order valence-electron chi connectivity index (χ0n) is 10.3. The first-order valence-electron chi connectivity index (χ1n) is 7.16. The summed E-state index contributed by atoms with van der Waals surface area (Å²) >= 11 is 0. The molecule has 0 aliphatic heterocycles. The molecule has 0 aromatic heterocycles. The smallest absolute Gasteiger partial charge is 0.0436 e. The first-order chi connectivity index (χ1) is 7.81. The van der Waals surface area contributed by atoms with Crippen LogP contribution in [-0.4, -0.2) is 24.3 Å². The predicted octanol–water partition coefficient (Wildman–Crippen LogP) is 2.32. The van der Waals surface area contributed by atoms with Crippen LogP contribution in [0.2, 0.25) is 0 Å². The largest absolute Gasteiger partial charge is 0.396 e. The molecule has 3 aliphatic rings. The SMILES string of the molecule is OCCC1(CNC2CC3CCC2C3)CCC1. The van der Waals surface area contributed by atoms with Gasteiger partial charge in [-0.15, -0.1) is 0 Å². The van der Waals surface area contributed by atoms with Crippen LogP contribution in [0.3, 0.4) is 0 Å². The van der Waals surface area contributed by atoms with Crippen LogP contribution in [0, 0.1) is 17.3 Å². The minimum absolute atomic E-state index is 0.373. The van der Waals surface area contributed by atoms with Gasteiger partial charge in [0.2, 0.25) is 0 Å². The van der Waals surface area contributed by atoms with Gasteiger partial charge in [-0.1, -0.05) is 12.8 Å². The number of aliphatic hydroxyl groups is 1. The first kappa shape index (κ1) is 11.0. The van der Waals surface area contributed by atoms with Crippen LogP contribution in [0.4, 0.5) is 0 Å².